The van der Waals surface area contributed by atoms with Crippen LogP contribution in [0.5, 0.6) is 0 Å². The number of amides is 1. The molecular weight excluding hydrogens is 476 g/mol. The van der Waals surface area contributed by atoms with Crippen LogP contribution in [-0.4, -0.2) is 134 Å². The van der Waals surface area contributed by atoms with E-state index in [0.29, 0.717) is 0 Å². The Morgan fingerprint density at radius 1 is 1.29 bits per heavy atom. The minimum atomic E-state index is -2.64. The quantitative estimate of drug-likeness (QED) is 0.118. The van der Waals surface area contributed by atoms with Gasteiger partial charge < -0.3 is 65.7 Å². The lowest BCUT2D eigenvalue weighted by Crippen LogP contribution is -2.68. The van der Waals surface area contributed by atoms with E-state index in [1.165, 1.54) is 6.08 Å². The summed E-state index contributed by atoms with van der Waals surface area (Å²) < 4.78 is 21.7. The summed E-state index contributed by atoms with van der Waals surface area (Å²) >= 11 is 0. The number of carboxylic acid groups (broad SMARTS) is 1. The lowest BCUT2D eigenvalue weighted by molar-refractivity contribution is -0.329. The summed E-state index contributed by atoms with van der Waals surface area (Å²) in [6.45, 7) is 2.95. The number of carboxylic acids is 1. The van der Waals surface area contributed by atoms with Crippen molar-refractivity contribution < 1.29 is 64.3 Å². The van der Waals surface area contributed by atoms with Gasteiger partial charge in [0, 0.05) is 13.3 Å². The van der Waals surface area contributed by atoms with Gasteiger partial charge in [0.25, 0.3) is 5.79 Å². The number of hydrogen-bond donors (Lipinski definition) is 9. The van der Waals surface area contributed by atoms with Gasteiger partial charge in [0.1, 0.15) is 36.6 Å². The van der Waals surface area contributed by atoms with Crippen molar-refractivity contribution in [3.63, 3.8) is 0 Å². The molecule has 2 rings (SSSR count). The second kappa shape index (κ2) is 12.5. The molecule has 35 heavy (non-hydrogen) atoms. The molecule has 0 saturated carbocycles. The molecule has 2 aliphatic heterocycles. The maximum atomic E-state index is 12.2. The number of rotatable bonds is 11. The van der Waals surface area contributed by atoms with E-state index in [1.807, 2.05) is 0 Å². The van der Waals surface area contributed by atoms with Crippen LogP contribution in [0, 0.1) is 0 Å². The fourth-order valence-electron chi connectivity index (χ4n) is 3.90. The number of aliphatic hydroxyl groups is 6. The van der Waals surface area contributed by atoms with Gasteiger partial charge in [-0.25, -0.2) is 4.79 Å². The van der Waals surface area contributed by atoms with Crippen molar-refractivity contribution in [1.82, 2.24) is 5.32 Å². The SMILES string of the molecule is C=CCO[C@H]1OC(CO[C@]2(C(=O)O)C[C@@H](O)[C@@H](NC(C)=O)C([C@H](O)[C@H](O)CO)O2)[C@H](O)C(O)C1N. The number of aliphatic hydroxyl groups excluding tert-OH is 6. The van der Waals surface area contributed by atoms with Crippen molar-refractivity contribution in [2.45, 2.75) is 80.2 Å². The Hall–Kier alpha value is -1.76. The molecule has 0 aliphatic carbocycles. The number of carbonyl (C=O) groups excluding carboxylic acids is 1. The first-order valence-corrected chi connectivity index (χ1v) is 10.9. The fraction of sp³-hybridized carbons (Fsp3) is 0.800. The van der Waals surface area contributed by atoms with E-state index in [-0.39, 0.29) is 6.61 Å². The lowest BCUT2D eigenvalue weighted by Gasteiger charge is -2.47. The van der Waals surface area contributed by atoms with Crippen LogP contribution in [0.25, 0.3) is 0 Å². The van der Waals surface area contributed by atoms with Gasteiger partial charge in [-0.2, -0.15) is 0 Å². The van der Waals surface area contributed by atoms with E-state index >= 15 is 0 Å². The first kappa shape index (κ1) is 29.5. The number of ether oxygens (including phenoxy) is 4. The first-order chi connectivity index (χ1) is 16.4. The van der Waals surface area contributed by atoms with Gasteiger partial charge in [-0.1, -0.05) is 6.08 Å². The maximum absolute atomic E-state index is 12.2. The minimum Gasteiger partial charge on any atom is -0.477 e. The Balaban J connectivity index is 2.27. The predicted molar refractivity (Wildman–Crippen MR) is 113 cm³/mol. The zero-order valence-electron chi connectivity index (χ0n) is 19.0. The van der Waals surface area contributed by atoms with Crippen molar-refractivity contribution in [3.8, 4) is 0 Å². The summed E-state index contributed by atoms with van der Waals surface area (Å²) in [5.41, 5.74) is 5.80. The maximum Gasteiger partial charge on any atom is 0.364 e. The summed E-state index contributed by atoms with van der Waals surface area (Å²) in [4.78, 5) is 23.8. The standard InChI is InChI=1S/C20H34N2O13/c1-3-4-32-18-12(21)16(29)15(28)11(34-18)7-33-20(19(30)31)5-9(25)13(22-8(2)24)17(35-20)14(27)10(26)6-23/h3,9-18,23,25-29H,1,4-7,21H2,2H3,(H,22,24)(H,30,31)/t9-,10-,11?,12?,13-,14-,15+,16?,17?,18+,20-/m1/s1. The highest BCUT2D eigenvalue weighted by molar-refractivity contribution is 5.76. The number of hydrogen-bond acceptors (Lipinski definition) is 13. The third-order valence-electron chi connectivity index (χ3n) is 5.79. The third-order valence-corrected chi connectivity index (χ3v) is 5.79. The highest BCUT2D eigenvalue weighted by Gasteiger charge is 2.56. The number of nitrogens with two attached hydrogens (primary N) is 1. The van der Waals surface area contributed by atoms with Crippen molar-refractivity contribution in [2.24, 2.45) is 5.73 Å². The van der Waals surface area contributed by atoms with E-state index in [0.717, 1.165) is 6.92 Å². The Morgan fingerprint density at radius 2 is 1.94 bits per heavy atom. The average molecular weight is 510 g/mol. The summed E-state index contributed by atoms with van der Waals surface area (Å²) in [5.74, 6) is -5.03. The van der Waals surface area contributed by atoms with E-state index in [4.69, 9.17) is 24.7 Å². The van der Waals surface area contributed by atoms with E-state index in [2.05, 4.69) is 11.9 Å². The molecule has 202 valence electrons. The molecule has 2 saturated heterocycles. The molecule has 2 aliphatic rings. The van der Waals surface area contributed by atoms with Gasteiger partial charge in [-0.05, 0) is 0 Å². The van der Waals surface area contributed by atoms with Gasteiger partial charge in [-0.15, -0.1) is 6.58 Å². The Bertz CT molecular complexity index is 742. The monoisotopic (exact) mass is 510 g/mol. The fourth-order valence-corrected chi connectivity index (χ4v) is 3.90. The number of nitrogens with one attached hydrogen (secondary N) is 1. The first-order valence-electron chi connectivity index (χ1n) is 10.9. The van der Waals surface area contributed by atoms with Crippen molar-refractivity contribution >= 4 is 11.9 Å². The summed E-state index contributed by atoms with van der Waals surface area (Å²) in [7, 11) is 0. The average Bonchev–Trinajstić information content (AvgIpc) is 2.81. The molecule has 11 atom stereocenters. The molecule has 10 N–H and O–H groups in total. The second-order valence-corrected chi connectivity index (χ2v) is 8.41. The van der Waals surface area contributed by atoms with Crippen LogP contribution >= 0.6 is 0 Å². The van der Waals surface area contributed by atoms with E-state index in [1.54, 1.807) is 0 Å². The Morgan fingerprint density at radius 3 is 2.49 bits per heavy atom. The molecule has 15 nitrogen and oxygen atoms in total. The molecule has 4 unspecified atom stereocenters. The molecule has 0 aromatic rings. The summed E-state index contributed by atoms with van der Waals surface area (Å²) in [6.07, 6.45) is -12.2. The van der Waals surface area contributed by atoms with Crippen LogP contribution in [-0.2, 0) is 28.5 Å². The molecule has 2 fully saturated rings. The van der Waals surface area contributed by atoms with Crippen molar-refractivity contribution in [3.05, 3.63) is 12.7 Å². The van der Waals surface area contributed by atoms with Gasteiger partial charge in [0.15, 0.2) is 6.29 Å². The van der Waals surface area contributed by atoms with Crippen LogP contribution in [0.15, 0.2) is 12.7 Å². The zero-order chi connectivity index (χ0) is 26.5. The highest BCUT2D eigenvalue weighted by atomic mass is 16.7. The van der Waals surface area contributed by atoms with Crippen LogP contribution < -0.4 is 11.1 Å². The van der Waals surface area contributed by atoms with E-state index in [9.17, 15) is 45.3 Å². The van der Waals surface area contributed by atoms with Crippen LogP contribution in [0.2, 0.25) is 0 Å². The van der Waals surface area contributed by atoms with Gasteiger partial charge in [-0.3, -0.25) is 4.79 Å². The third kappa shape index (κ3) is 6.72. The van der Waals surface area contributed by atoms with Crippen molar-refractivity contribution in [1.29, 1.82) is 0 Å². The van der Waals surface area contributed by atoms with E-state index < -0.39 is 98.4 Å². The molecule has 0 aromatic heterocycles. The highest BCUT2D eigenvalue weighted by Crippen LogP contribution is 2.34. The largest absolute Gasteiger partial charge is 0.477 e. The lowest BCUT2D eigenvalue weighted by atomic mass is 9.88. The van der Waals surface area contributed by atoms with Crippen LogP contribution in [0.3, 0.4) is 0 Å². The minimum absolute atomic E-state index is 0.000412. The summed E-state index contributed by atoms with van der Waals surface area (Å²) in [6, 6.07) is -2.51. The smallest absolute Gasteiger partial charge is 0.364 e. The second-order valence-electron chi connectivity index (χ2n) is 8.41. The summed E-state index contributed by atoms with van der Waals surface area (Å²) in [5, 5.41) is 72.9. The zero-order valence-corrected chi connectivity index (χ0v) is 19.0. The van der Waals surface area contributed by atoms with Crippen LogP contribution in [0.1, 0.15) is 13.3 Å². The molecule has 1 amide bonds. The normalized spacial score (nSPS) is 39.4. The molecule has 0 spiro atoms. The molecule has 0 radical (unpaired) electrons. The molecule has 2 heterocycles. The topological polar surface area (TPSA) is 251 Å². The van der Waals surface area contributed by atoms with Gasteiger partial charge in [0.05, 0.1) is 38.0 Å². The van der Waals surface area contributed by atoms with Gasteiger partial charge >= 0.3 is 5.97 Å². The number of aliphatic carboxylic acids is 1. The predicted octanol–water partition coefficient (Wildman–Crippen LogP) is -4.87. The van der Waals surface area contributed by atoms with Gasteiger partial charge in [0.2, 0.25) is 5.91 Å². The molecule has 0 bridgehead atoms. The Labute approximate surface area is 200 Å². The molecular formula is C20H34N2O13. The van der Waals surface area contributed by atoms with Crippen LogP contribution in [0.4, 0.5) is 0 Å². The molecule has 0 aromatic carbocycles. The van der Waals surface area contributed by atoms with Crippen molar-refractivity contribution in [2.75, 3.05) is 19.8 Å². The number of carbonyl (C=O) groups is 2. The Kier molecular flexibility index (Phi) is 10.5. The molecule has 15 heteroatoms.